The second-order valence-electron chi connectivity index (χ2n) is 12.4. The summed E-state index contributed by atoms with van der Waals surface area (Å²) in [6.07, 6.45) is -21.5. The smallest absolute Gasteiger partial charge is 0.239 e. The zero-order valence-electron chi connectivity index (χ0n) is 26.5. The normalized spacial score (nSPS) is 37.8. The Morgan fingerprint density at radius 3 is 2.00 bits per heavy atom. The minimum Gasteiger partial charge on any atom is -0.508 e. The molecule has 274 valence electrons. The highest BCUT2D eigenvalue weighted by atomic mass is 16.8. The molecule has 18 nitrogen and oxygen atoms in total. The van der Waals surface area contributed by atoms with Crippen LogP contribution in [0.2, 0.25) is 0 Å². The number of rotatable bonds is 7. The van der Waals surface area contributed by atoms with Gasteiger partial charge in [-0.2, -0.15) is 0 Å². The van der Waals surface area contributed by atoms with Crippen molar-refractivity contribution < 1.29 is 83.9 Å². The number of aliphatic hydroxyl groups excluding tert-OH is 8. The number of hydrogen-bond donors (Lipinski definition) is 10. The number of fused-ring (bicyclic) bond motifs is 1. The first-order valence-corrected chi connectivity index (χ1v) is 15.6. The quantitative estimate of drug-likeness (QED) is 0.124. The molecule has 6 rings (SSSR count). The van der Waals surface area contributed by atoms with Crippen molar-refractivity contribution in [1.29, 1.82) is 0 Å². The molecule has 0 aliphatic carbocycles. The fraction of sp³-hybridized carbons (Fsp3) is 0.531. The highest BCUT2D eigenvalue weighted by molar-refractivity contribution is 5.88. The predicted molar refractivity (Wildman–Crippen MR) is 164 cm³/mol. The molecule has 18 heteroatoms. The van der Waals surface area contributed by atoms with Gasteiger partial charge in [-0.05, 0) is 38.1 Å². The summed E-state index contributed by atoms with van der Waals surface area (Å²) < 4.78 is 40.0. The summed E-state index contributed by atoms with van der Waals surface area (Å²) in [5.41, 5.74) is -1.06. The van der Waals surface area contributed by atoms with E-state index in [0.717, 1.165) is 6.07 Å². The minimum atomic E-state index is -1.80. The van der Waals surface area contributed by atoms with Gasteiger partial charge in [0.2, 0.25) is 23.8 Å². The van der Waals surface area contributed by atoms with Crippen LogP contribution in [0.3, 0.4) is 0 Å². The SMILES string of the molecule is C[C@@H]1O[C@@H](Oc2cc(O)c3c(=O)c(O[C@@H]4O[C@@H](C)[C@H](O)[C@@H](O)[C@H]4O[C@@H]4OC[C@H](O)[C@H](O)[C@H]4O)c(-c4ccc(O)cc4)oc3c2)[C@H](O)[C@H](O)[C@H]1O. The molecule has 0 spiro atoms. The lowest BCUT2D eigenvalue weighted by Crippen LogP contribution is -2.62. The molecular formula is C32H38O18. The Balaban J connectivity index is 1.40. The molecule has 10 N–H and O–H groups in total. The number of aromatic hydroxyl groups is 2. The van der Waals surface area contributed by atoms with Gasteiger partial charge in [0.25, 0.3) is 0 Å². The molecule has 0 saturated carbocycles. The Hall–Kier alpha value is -3.63. The number of aliphatic hydroxyl groups is 8. The largest absolute Gasteiger partial charge is 0.508 e. The first kappa shape index (κ1) is 36.2. The molecular weight excluding hydrogens is 672 g/mol. The van der Waals surface area contributed by atoms with Gasteiger partial charge in [0.15, 0.2) is 18.2 Å². The summed E-state index contributed by atoms with van der Waals surface area (Å²) in [4.78, 5) is 14.1. The van der Waals surface area contributed by atoms with Crippen LogP contribution in [-0.2, 0) is 18.9 Å². The van der Waals surface area contributed by atoms with Gasteiger partial charge in [0, 0.05) is 17.7 Å². The molecule has 3 aliphatic rings. The lowest BCUT2D eigenvalue weighted by atomic mass is 9.99. The number of hydrogen-bond acceptors (Lipinski definition) is 18. The third kappa shape index (κ3) is 6.73. The highest BCUT2D eigenvalue weighted by Crippen LogP contribution is 2.39. The van der Waals surface area contributed by atoms with Crippen molar-refractivity contribution in [3.63, 3.8) is 0 Å². The van der Waals surface area contributed by atoms with Gasteiger partial charge in [-0.3, -0.25) is 4.79 Å². The average molecular weight is 711 g/mol. The lowest BCUT2D eigenvalue weighted by molar-refractivity contribution is -0.341. The monoisotopic (exact) mass is 710 g/mol. The van der Waals surface area contributed by atoms with E-state index in [4.69, 9.17) is 32.8 Å². The second-order valence-corrected chi connectivity index (χ2v) is 12.4. The van der Waals surface area contributed by atoms with E-state index in [2.05, 4.69) is 0 Å². The Labute approximate surface area is 282 Å². The van der Waals surface area contributed by atoms with Crippen molar-refractivity contribution in [1.82, 2.24) is 0 Å². The molecule has 3 fully saturated rings. The maximum absolute atomic E-state index is 14.1. The third-order valence-electron chi connectivity index (χ3n) is 8.86. The summed E-state index contributed by atoms with van der Waals surface area (Å²) in [7, 11) is 0. The highest BCUT2D eigenvalue weighted by Gasteiger charge is 2.49. The van der Waals surface area contributed by atoms with Crippen LogP contribution in [0.4, 0.5) is 0 Å². The molecule has 4 heterocycles. The predicted octanol–water partition coefficient (Wildman–Crippen LogP) is -2.25. The number of ether oxygens (including phenoxy) is 6. The van der Waals surface area contributed by atoms with E-state index in [1.165, 1.54) is 44.2 Å². The van der Waals surface area contributed by atoms with Crippen molar-refractivity contribution in [2.75, 3.05) is 6.61 Å². The van der Waals surface area contributed by atoms with Crippen LogP contribution in [0, 0.1) is 0 Å². The van der Waals surface area contributed by atoms with Crippen molar-refractivity contribution >= 4 is 11.0 Å². The van der Waals surface area contributed by atoms with Crippen molar-refractivity contribution in [3.05, 3.63) is 46.6 Å². The summed E-state index contributed by atoms with van der Waals surface area (Å²) in [6, 6.07) is 7.53. The van der Waals surface area contributed by atoms with Gasteiger partial charge in [0.05, 0.1) is 18.8 Å². The molecule has 14 atom stereocenters. The Kier molecular flexibility index (Phi) is 10.3. The van der Waals surface area contributed by atoms with Crippen LogP contribution < -0.4 is 14.9 Å². The summed E-state index contributed by atoms with van der Waals surface area (Å²) >= 11 is 0. The maximum Gasteiger partial charge on any atom is 0.239 e. The van der Waals surface area contributed by atoms with Crippen LogP contribution in [0.5, 0.6) is 23.0 Å². The Bertz CT molecular complexity index is 1710. The van der Waals surface area contributed by atoms with E-state index in [1.54, 1.807) is 0 Å². The van der Waals surface area contributed by atoms with Gasteiger partial charge in [-0.25, -0.2) is 0 Å². The van der Waals surface area contributed by atoms with E-state index in [1.807, 2.05) is 0 Å². The molecule has 0 bridgehead atoms. The summed E-state index contributed by atoms with van der Waals surface area (Å²) in [6.45, 7) is 2.40. The van der Waals surface area contributed by atoms with Gasteiger partial charge in [-0.1, -0.05) is 0 Å². The molecule has 1 aromatic heterocycles. The van der Waals surface area contributed by atoms with Crippen LogP contribution in [0.15, 0.2) is 45.6 Å². The van der Waals surface area contributed by atoms with E-state index in [-0.39, 0.29) is 28.4 Å². The van der Waals surface area contributed by atoms with E-state index >= 15 is 0 Å². The lowest BCUT2D eigenvalue weighted by Gasteiger charge is -2.44. The molecule has 0 amide bonds. The Morgan fingerprint density at radius 1 is 0.700 bits per heavy atom. The van der Waals surface area contributed by atoms with Crippen molar-refractivity contribution in [2.24, 2.45) is 0 Å². The summed E-state index contributed by atoms with van der Waals surface area (Å²) in [5, 5.41) is 103. The fourth-order valence-corrected chi connectivity index (χ4v) is 5.89. The Morgan fingerprint density at radius 2 is 1.32 bits per heavy atom. The van der Waals surface area contributed by atoms with Gasteiger partial charge >= 0.3 is 0 Å². The average Bonchev–Trinajstić information content (AvgIpc) is 3.08. The third-order valence-corrected chi connectivity index (χ3v) is 8.86. The topological polar surface area (TPSA) is 288 Å². The molecule has 3 saturated heterocycles. The van der Waals surface area contributed by atoms with Crippen molar-refractivity contribution in [3.8, 4) is 34.3 Å². The number of phenolic OH excluding ortho intramolecular Hbond substituents is 2. The van der Waals surface area contributed by atoms with Gasteiger partial charge < -0.3 is 83.9 Å². The molecule has 50 heavy (non-hydrogen) atoms. The second kappa shape index (κ2) is 14.2. The van der Waals surface area contributed by atoms with E-state index in [0.29, 0.717) is 0 Å². The molecule has 0 radical (unpaired) electrons. The standard InChI is InChI=1S/C32H38O18/c1-10-19(36)23(40)26(43)31(45-10)47-14-7-15(34)18-17(8-14)48-27(12-3-5-13(33)6-4-12)28(22(18)39)49-32-29(24(41)20(37)11(2)46-32)50-30-25(42)21(38)16(35)9-44-30/h3-8,10-11,16,19-21,23-26,29-38,40-43H,9H2,1-2H3/t10-,11-,16-,19-,20-,21-,23+,24+,25+,26+,29+,30-,31-,32-/m0/s1. The van der Waals surface area contributed by atoms with Gasteiger partial charge in [-0.15, -0.1) is 0 Å². The first-order chi connectivity index (χ1) is 23.7. The fourth-order valence-electron chi connectivity index (χ4n) is 5.89. The molecule has 2 aromatic carbocycles. The molecule has 3 aliphatic heterocycles. The van der Waals surface area contributed by atoms with Crippen LogP contribution >= 0.6 is 0 Å². The van der Waals surface area contributed by atoms with E-state index in [9.17, 15) is 55.9 Å². The van der Waals surface area contributed by atoms with Crippen LogP contribution in [0.25, 0.3) is 22.3 Å². The number of phenols is 2. The van der Waals surface area contributed by atoms with Crippen LogP contribution in [0.1, 0.15) is 13.8 Å². The minimum absolute atomic E-state index is 0.131. The zero-order chi connectivity index (χ0) is 36.2. The van der Waals surface area contributed by atoms with Crippen LogP contribution in [-0.4, -0.2) is 144 Å². The summed E-state index contributed by atoms with van der Waals surface area (Å²) in [5.74, 6) is -1.84. The molecule has 0 unspecified atom stereocenters. The first-order valence-electron chi connectivity index (χ1n) is 15.6. The maximum atomic E-state index is 14.1. The van der Waals surface area contributed by atoms with Gasteiger partial charge in [0.1, 0.15) is 77.0 Å². The van der Waals surface area contributed by atoms with E-state index < -0.39 is 115 Å². The zero-order valence-corrected chi connectivity index (χ0v) is 26.5. The molecule has 3 aromatic rings. The van der Waals surface area contributed by atoms with Crippen molar-refractivity contribution in [2.45, 2.75) is 99.9 Å². The number of benzene rings is 2.